The number of aryl methyl sites for hydroxylation is 1. The molecule has 0 aromatic heterocycles. The van der Waals surface area contributed by atoms with Gasteiger partial charge in [0.05, 0.1) is 4.90 Å². The molecule has 0 fully saturated rings. The molecule has 0 amide bonds. The first-order valence-corrected chi connectivity index (χ1v) is 9.40. The summed E-state index contributed by atoms with van der Waals surface area (Å²) in [5, 5.41) is 8.47. The molecule has 0 aliphatic rings. The zero-order chi connectivity index (χ0) is 16.0. The van der Waals surface area contributed by atoms with Crippen molar-refractivity contribution in [1.29, 1.82) is 0 Å². The summed E-state index contributed by atoms with van der Waals surface area (Å²) in [6, 6.07) is 4.81. The molecule has 21 heavy (non-hydrogen) atoms. The van der Waals surface area contributed by atoms with E-state index in [0.717, 1.165) is 5.56 Å². The molecule has 2 unspecified atom stereocenters. The molecule has 0 saturated heterocycles. The Kier molecular flexibility index (Phi) is 6.55. The summed E-state index contributed by atoms with van der Waals surface area (Å²) >= 11 is 0. The molecule has 116 valence electrons. The minimum atomic E-state index is -3.74. The van der Waals surface area contributed by atoms with Gasteiger partial charge in [-0.15, -0.1) is 0 Å². The van der Waals surface area contributed by atoms with Crippen molar-refractivity contribution in [2.75, 3.05) is 19.4 Å². The lowest BCUT2D eigenvalue weighted by Gasteiger charge is -2.12. The van der Waals surface area contributed by atoms with Crippen LogP contribution >= 0.6 is 0 Å². The van der Waals surface area contributed by atoms with Gasteiger partial charge < -0.3 is 5.11 Å². The largest absolute Gasteiger partial charge is 0.384 e. The van der Waals surface area contributed by atoms with Gasteiger partial charge in [0.15, 0.2) is 0 Å². The van der Waals surface area contributed by atoms with Gasteiger partial charge in [0.25, 0.3) is 0 Å². The molecule has 0 aliphatic heterocycles. The lowest BCUT2D eigenvalue weighted by atomic mass is 10.1. The van der Waals surface area contributed by atoms with E-state index in [1.807, 2.05) is 6.92 Å². The minimum absolute atomic E-state index is 0.0585. The average molecular weight is 329 g/mol. The van der Waals surface area contributed by atoms with E-state index in [9.17, 15) is 12.6 Å². The van der Waals surface area contributed by atoms with E-state index in [1.165, 1.54) is 12.3 Å². The van der Waals surface area contributed by atoms with Crippen LogP contribution in [0.3, 0.4) is 0 Å². The van der Waals surface area contributed by atoms with Gasteiger partial charge in [-0.25, -0.2) is 13.1 Å². The maximum Gasteiger partial charge on any atom is 0.241 e. The van der Waals surface area contributed by atoms with E-state index in [-0.39, 0.29) is 23.3 Å². The van der Waals surface area contributed by atoms with Gasteiger partial charge in [-0.2, -0.15) is 0 Å². The second-order valence-electron chi connectivity index (χ2n) is 4.62. The molecule has 2 N–H and O–H groups in total. The molecule has 1 rings (SSSR count). The summed E-state index contributed by atoms with van der Waals surface area (Å²) in [4.78, 5) is 0.0585. The molecule has 0 bridgehead atoms. The van der Waals surface area contributed by atoms with Crippen molar-refractivity contribution in [2.24, 2.45) is 0 Å². The van der Waals surface area contributed by atoms with E-state index in [2.05, 4.69) is 16.6 Å². The highest BCUT2D eigenvalue weighted by molar-refractivity contribution is 7.89. The van der Waals surface area contributed by atoms with Crippen LogP contribution in [0, 0.1) is 18.8 Å². The Hall–Kier alpha value is -1.20. The third-order valence-corrected chi connectivity index (χ3v) is 5.64. The van der Waals surface area contributed by atoms with Gasteiger partial charge in [-0.3, -0.25) is 4.21 Å². The SMILES string of the molecule is Cc1ccc(S(=O)(=O)NCC(C)S(C)=O)c(C#CCO)c1. The van der Waals surface area contributed by atoms with E-state index < -0.39 is 20.8 Å². The normalized spacial score (nSPS) is 14.1. The van der Waals surface area contributed by atoms with Crippen LogP contribution in [0.25, 0.3) is 0 Å². The van der Waals surface area contributed by atoms with Crippen LogP contribution in [-0.2, 0) is 20.8 Å². The Balaban J connectivity index is 3.10. The van der Waals surface area contributed by atoms with Crippen LogP contribution in [-0.4, -0.2) is 42.4 Å². The zero-order valence-electron chi connectivity index (χ0n) is 12.2. The van der Waals surface area contributed by atoms with Crippen LogP contribution < -0.4 is 4.72 Å². The van der Waals surface area contributed by atoms with Crippen LogP contribution in [0.2, 0.25) is 0 Å². The molecule has 0 aliphatic carbocycles. The summed E-state index contributed by atoms with van der Waals surface area (Å²) in [5.41, 5.74) is 1.21. The number of aliphatic hydroxyl groups excluding tert-OH is 1. The summed E-state index contributed by atoms with van der Waals surface area (Å²) < 4.78 is 38.3. The van der Waals surface area contributed by atoms with E-state index in [1.54, 1.807) is 19.1 Å². The standard InChI is InChI=1S/C14H19NO4S2/c1-11-6-7-14(13(9-11)5-4-8-16)21(18,19)15-10-12(2)20(3)17/h6-7,9,12,15-16H,8,10H2,1-3H3. The van der Waals surface area contributed by atoms with Crippen molar-refractivity contribution < 1.29 is 17.7 Å². The lowest BCUT2D eigenvalue weighted by molar-refractivity contribution is 0.350. The van der Waals surface area contributed by atoms with Gasteiger partial charge >= 0.3 is 0 Å². The van der Waals surface area contributed by atoms with Crippen molar-refractivity contribution in [3.05, 3.63) is 29.3 Å². The Bertz CT molecular complexity index is 687. The Morgan fingerprint density at radius 1 is 1.43 bits per heavy atom. The van der Waals surface area contributed by atoms with Crippen LogP contribution in [0.1, 0.15) is 18.1 Å². The molecule has 7 heteroatoms. The summed E-state index contributed by atoms with van der Waals surface area (Å²) in [6.45, 7) is 3.29. The highest BCUT2D eigenvalue weighted by Gasteiger charge is 2.19. The molecule has 0 saturated carbocycles. The van der Waals surface area contributed by atoms with Crippen molar-refractivity contribution in [3.63, 3.8) is 0 Å². The number of hydrogen-bond acceptors (Lipinski definition) is 4. The average Bonchev–Trinajstić information content (AvgIpc) is 2.42. The fraction of sp³-hybridized carbons (Fsp3) is 0.429. The first-order valence-electron chi connectivity index (χ1n) is 6.30. The van der Waals surface area contributed by atoms with Crippen LogP contribution in [0.5, 0.6) is 0 Å². The molecule has 0 radical (unpaired) electrons. The molecule has 0 spiro atoms. The third-order valence-electron chi connectivity index (χ3n) is 2.85. The number of hydrogen-bond donors (Lipinski definition) is 2. The first-order chi connectivity index (χ1) is 9.77. The maximum absolute atomic E-state index is 12.3. The van der Waals surface area contributed by atoms with E-state index in [0.29, 0.717) is 5.56 Å². The number of aliphatic hydroxyl groups is 1. The number of rotatable bonds is 5. The van der Waals surface area contributed by atoms with Crippen molar-refractivity contribution in [2.45, 2.75) is 24.0 Å². The molecular formula is C14H19NO4S2. The molecular weight excluding hydrogens is 310 g/mol. The number of nitrogens with one attached hydrogen (secondary N) is 1. The van der Waals surface area contributed by atoms with Crippen molar-refractivity contribution >= 4 is 20.8 Å². The summed E-state index contributed by atoms with van der Waals surface area (Å²) in [7, 11) is -4.84. The van der Waals surface area contributed by atoms with Gasteiger partial charge in [0.2, 0.25) is 10.0 Å². The summed E-state index contributed by atoms with van der Waals surface area (Å²) in [5.74, 6) is 5.09. The zero-order valence-corrected chi connectivity index (χ0v) is 13.8. The quantitative estimate of drug-likeness (QED) is 0.765. The second kappa shape index (κ2) is 7.71. The Labute approximate surface area is 128 Å². The topological polar surface area (TPSA) is 83.5 Å². The number of benzene rings is 1. The van der Waals surface area contributed by atoms with Crippen molar-refractivity contribution in [3.8, 4) is 11.8 Å². The smallest absolute Gasteiger partial charge is 0.241 e. The summed E-state index contributed by atoms with van der Waals surface area (Å²) in [6.07, 6.45) is 1.53. The lowest BCUT2D eigenvalue weighted by Crippen LogP contribution is -2.33. The molecule has 0 heterocycles. The highest BCUT2D eigenvalue weighted by atomic mass is 32.2. The van der Waals surface area contributed by atoms with E-state index >= 15 is 0 Å². The maximum atomic E-state index is 12.3. The second-order valence-corrected chi connectivity index (χ2v) is 8.16. The third kappa shape index (κ3) is 5.25. The fourth-order valence-corrected chi connectivity index (χ4v) is 3.23. The monoisotopic (exact) mass is 329 g/mol. The molecule has 5 nitrogen and oxygen atoms in total. The molecule has 1 aromatic rings. The van der Waals surface area contributed by atoms with E-state index in [4.69, 9.17) is 5.11 Å². The fourth-order valence-electron chi connectivity index (χ4n) is 1.53. The minimum Gasteiger partial charge on any atom is -0.384 e. The highest BCUT2D eigenvalue weighted by Crippen LogP contribution is 2.16. The first kappa shape index (κ1) is 17.9. The van der Waals surface area contributed by atoms with Gasteiger partial charge in [0, 0.05) is 34.4 Å². The van der Waals surface area contributed by atoms with Gasteiger partial charge in [0.1, 0.15) is 6.61 Å². The van der Waals surface area contributed by atoms with Crippen LogP contribution in [0.4, 0.5) is 0 Å². The van der Waals surface area contributed by atoms with Gasteiger partial charge in [-0.1, -0.05) is 17.9 Å². The predicted octanol–water partition coefficient (Wildman–Crippen LogP) is 0.384. The Morgan fingerprint density at radius 3 is 2.67 bits per heavy atom. The Morgan fingerprint density at radius 2 is 2.10 bits per heavy atom. The van der Waals surface area contributed by atoms with Crippen molar-refractivity contribution in [1.82, 2.24) is 4.72 Å². The predicted molar refractivity (Wildman–Crippen MR) is 83.9 cm³/mol. The van der Waals surface area contributed by atoms with Crippen LogP contribution in [0.15, 0.2) is 23.1 Å². The number of sulfonamides is 1. The van der Waals surface area contributed by atoms with Gasteiger partial charge in [-0.05, 0) is 31.5 Å². The molecule has 2 atom stereocenters. The molecule has 1 aromatic carbocycles.